The van der Waals surface area contributed by atoms with Gasteiger partial charge in [-0.2, -0.15) is 0 Å². The Kier molecular flexibility index (Phi) is 4.68. The van der Waals surface area contributed by atoms with Crippen molar-refractivity contribution < 1.29 is 4.74 Å². The van der Waals surface area contributed by atoms with Crippen LogP contribution in [0.2, 0.25) is 0 Å². The summed E-state index contributed by atoms with van der Waals surface area (Å²) in [5.74, 6) is 1.86. The van der Waals surface area contributed by atoms with Gasteiger partial charge in [-0.15, -0.1) is 0 Å². The predicted octanol–water partition coefficient (Wildman–Crippen LogP) is 3.64. The molecule has 0 aliphatic carbocycles. The summed E-state index contributed by atoms with van der Waals surface area (Å²) in [7, 11) is 5.67. The lowest BCUT2D eigenvalue weighted by Crippen LogP contribution is -2.11. The highest BCUT2D eigenvalue weighted by Gasteiger charge is 2.11. The maximum absolute atomic E-state index is 5.47. The molecule has 112 valence electrons. The number of pyridine rings is 1. The van der Waals surface area contributed by atoms with E-state index in [4.69, 9.17) is 4.74 Å². The molecule has 0 fully saturated rings. The molecule has 1 unspecified atom stereocenters. The number of benzene rings is 1. The second-order valence-corrected chi connectivity index (χ2v) is 5.41. The Morgan fingerprint density at radius 1 is 1.19 bits per heavy atom. The highest BCUT2D eigenvalue weighted by Crippen LogP contribution is 2.28. The van der Waals surface area contributed by atoms with Crippen LogP contribution in [0.5, 0.6) is 5.75 Å². The molecule has 1 atom stereocenters. The monoisotopic (exact) mass is 285 g/mol. The summed E-state index contributed by atoms with van der Waals surface area (Å²) in [4.78, 5) is 6.40. The van der Waals surface area contributed by atoms with Crippen molar-refractivity contribution in [2.75, 3.05) is 31.4 Å². The Bertz CT molecular complexity index is 593. The van der Waals surface area contributed by atoms with E-state index in [1.54, 1.807) is 7.11 Å². The molecule has 21 heavy (non-hydrogen) atoms. The van der Waals surface area contributed by atoms with Crippen molar-refractivity contribution in [3.8, 4) is 5.75 Å². The zero-order valence-electron chi connectivity index (χ0n) is 13.3. The number of hydrogen-bond acceptors (Lipinski definition) is 4. The number of ether oxygens (including phenoxy) is 1. The van der Waals surface area contributed by atoms with E-state index in [1.807, 2.05) is 37.3 Å². The molecule has 1 aromatic heterocycles. The van der Waals surface area contributed by atoms with Crippen LogP contribution < -0.4 is 15.0 Å². The fourth-order valence-corrected chi connectivity index (χ4v) is 2.24. The minimum absolute atomic E-state index is 0.146. The second kappa shape index (κ2) is 6.48. The molecule has 1 heterocycles. The number of methoxy groups -OCH3 is 1. The van der Waals surface area contributed by atoms with Gasteiger partial charge in [-0.3, -0.25) is 0 Å². The molecule has 2 rings (SSSR count). The number of aromatic nitrogens is 1. The van der Waals surface area contributed by atoms with Gasteiger partial charge in [-0.05, 0) is 37.6 Å². The van der Waals surface area contributed by atoms with E-state index in [-0.39, 0.29) is 6.04 Å². The van der Waals surface area contributed by atoms with Gasteiger partial charge in [0.2, 0.25) is 0 Å². The first kappa shape index (κ1) is 15.2. The van der Waals surface area contributed by atoms with Gasteiger partial charge in [0.15, 0.2) is 0 Å². The average molecular weight is 285 g/mol. The number of nitrogens with zero attached hydrogens (tertiary/aromatic N) is 2. The lowest BCUT2D eigenvalue weighted by Gasteiger charge is -2.19. The second-order valence-electron chi connectivity index (χ2n) is 5.41. The smallest absolute Gasteiger partial charge is 0.128 e. The van der Waals surface area contributed by atoms with Crippen LogP contribution in [0.3, 0.4) is 0 Å². The van der Waals surface area contributed by atoms with Crippen LogP contribution in [0, 0.1) is 6.92 Å². The molecule has 1 aromatic carbocycles. The molecule has 4 nitrogen and oxygen atoms in total. The standard InChI is InChI=1S/C17H23N3O/c1-12-6-8-15(16(10-12)21-5)13(2)19-14-7-9-17(18-11-14)20(3)4/h6-11,13,19H,1-5H3. The van der Waals surface area contributed by atoms with E-state index in [0.29, 0.717) is 0 Å². The summed E-state index contributed by atoms with van der Waals surface area (Å²) >= 11 is 0. The molecular formula is C17H23N3O. The number of hydrogen-bond donors (Lipinski definition) is 1. The van der Waals surface area contributed by atoms with Gasteiger partial charge in [-0.1, -0.05) is 12.1 Å². The highest BCUT2D eigenvalue weighted by atomic mass is 16.5. The summed E-state index contributed by atoms with van der Waals surface area (Å²) in [5.41, 5.74) is 3.33. The fourth-order valence-electron chi connectivity index (χ4n) is 2.24. The summed E-state index contributed by atoms with van der Waals surface area (Å²) in [5, 5.41) is 3.46. The topological polar surface area (TPSA) is 37.4 Å². The molecule has 0 spiro atoms. The van der Waals surface area contributed by atoms with Crippen LogP contribution in [0.15, 0.2) is 36.5 Å². The molecule has 0 saturated carbocycles. The summed E-state index contributed by atoms with van der Waals surface area (Å²) in [6.07, 6.45) is 1.85. The Balaban J connectivity index is 2.15. The van der Waals surface area contributed by atoms with E-state index in [0.717, 1.165) is 22.8 Å². The van der Waals surface area contributed by atoms with Crippen molar-refractivity contribution in [1.82, 2.24) is 4.98 Å². The van der Waals surface area contributed by atoms with Crippen LogP contribution in [0.25, 0.3) is 0 Å². The minimum atomic E-state index is 0.146. The van der Waals surface area contributed by atoms with Crippen molar-refractivity contribution in [2.45, 2.75) is 19.9 Å². The van der Waals surface area contributed by atoms with Crippen molar-refractivity contribution >= 4 is 11.5 Å². The van der Waals surface area contributed by atoms with Gasteiger partial charge in [-0.25, -0.2) is 4.98 Å². The van der Waals surface area contributed by atoms with Gasteiger partial charge >= 0.3 is 0 Å². The number of anilines is 2. The molecule has 2 aromatic rings. The van der Waals surface area contributed by atoms with E-state index < -0.39 is 0 Å². The zero-order chi connectivity index (χ0) is 15.4. The van der Waals surface area contributed by atoms with Gasteiger partial charge in [0.25, 0.3) is 0 Å². The average Bonchev–Trinajstić information content (AvgIpc) is 2.47. The fraction of sp³-hybridized carbons (Fsp3) is 0.353. The third-order valence-electron chi connectivity index (χ3n) is 3.44. The van der Waals surface area contributed by atoms with Crippen molar-refractivity contribution in [3.05, 3.63) is 47.7 Å². The maximum Gasteiger partial charge on any atom is 0.128 e. The summed E-state index contributed by atoms with van der Waals surface area (Å²) in [6, 6.07) is 10.5. The molecule has 0 radical (unpaired) electrons. The minimum Gasteiger partial charge on any atom is -0.496 e. The highest BCUT2D eigenvalue weighted by molar-refractivity contribution is 5.50. The largest absolute Gasteiger partial charge is 0.496 e. The van der Waals surface area contributed by atoms with Gasteiger partial charge in [0, 0.05) is 19.7 Å². The molecular weight excluding hydrogens is 262 g/mol. The summed E-state index contributed by atoms with van der Waals surface area (Å²) < 4.78 is 5.47. The SMILES string of the molecule is COc1cc(C)ccc1C(C)Nc1ccc(N(C)C)nc1. The molecule has 4 heteroatoms. The van der Waals surface area contributed by atoms with Gasteiger partial charge in [0.1, 0.15) is 11.6 Å². The van der Waals surface area contributed by atoms with E-state index >= 15 is 0 Å². The Labute approximate surface area is 126 Å². The van der Waals surface area contributed by atoms with Crippen LogP contribution in [0.1, 0.15) is 24.1 Å². The third kappa shape index (κ3) is 3.66. The number of aryl methyl sites for hydroxylation is 1. The molecule has 0 bridgehead atoms. The van der Waals surface area contributed by atoms with E-state index in [1.165, 1.54) is 5.56 Å². The Hall–Kier alpha value is -2.23. The molecule has 0 aliphatic heterocycles. The number of nitrogens with one attached hydrogen (secondary N) is 1. The molecule has 0 amide bonds. The Morgan fingerprint density at radius 3 is 2.52 bits per heavy atom. The zero-order valence-corrected chi connectivity index (χ0v) is 13.3. The lowest BCUT2D eigenvalue weighted by atomic mass is 10.0. The summed E-state index contributed by atoms with van der Waals surface area (Å²) in [6.45, 7) is 4.18. The Morgan fingerprint density at radius 2 is 1.95 bits per heavy atom. The van der Waals surface area contributed by atoms with Crippen LogP contribution in [-0.2, 0) is 0 Å². The van der Waals surface area contributed by atoms with E-state index in [2.05, 4.69) is 42.3 Å². The van der Waals surface area contributed by atoms with Crippen molar-refractivity contribution in [2.24, 2.45) is 0 Å². The first-order valence-corrected chi connectivity index (χ1v) is 7.05. The first-order chi connectivity index (χ1) is 10.0. The maximum atomic E-state index is 5.47. The first-order valence-electron chi connectivity index (χ1n) is 7.05. The van der Waals surface area contributed by atoms with Crippen LogP contribution >= 0.6 is 0 Å². The van der Waals surface area contributed by atoms with Crippen LogP contribution in [-0.4, -0.2) is 26.2 Å². The molecule has 0 aliphatic rings. The van der Waals surface area contributed by atoms with Crippen molar-refractivity contribution in [3.63, 3.8) is 0 Å². The van der Waals surface area contributed by atoms with Gasteiger partial charge < -0.3 is 15.0 Å². The number of rotatable bonds is 5. The third-order valence-corrected chi connectivity index (χ3v) is 3.44. The van der Waals surface area contributed by atoms with Crippen molar-refractivity contribution in [1.29, 1.82) is 0 Å². The lowest BCUT2D eigenvalue weighted by molar-refractivity contribution is 0.407. The molecule has 1 N–H and O–H groups in total. The predicted molar refractivity (Wildman–Crippen MR) is 88.3 cm³/mol. The normalized spacial score (nSPS) is 11.9. The van der Waals surface area contributed by atoms with Crippen LogP contribution in [0.4, 0.5) is 11.5 Å². The van der Waals surface area contributed by atoms with Gasteiger partial charge in [0.05, 0.1) is 25.0 Å². The quantitative estimate of drug-likeness (QED) is 0.910. The van der Waals surface area contributed by atoms with E-state index in [9.17, 15) is 0 Å². The molecule has 0 saturated heterocycles.